The molecule has 3 nitrogen and oxygen atoms in total. The maximum atomic E-state index is 12.4. The molecule has 0 saturated carbocycles. The van der Waals surface area contributed by atoms with Crippen molar-refractivity contribution in [3.63, 3.8) is 0 Å². The number of pyridine rings is 1. The SMILES string of the molecule is CC(C)(C)[C@@H]1COC(c2ccc(C(F)(F)F)cn2)=N1. The van der Waals surface area contributed by atoms with Crippen LogP contribution in [0.5, 0.6) is 0 Å². The Hall–Kier alpha value is -1.59. The summed E-state index contributed by atoms with van der Waals surface area (Å²) in [6.07, 6.45) is -3.58. The fourth-order valence-electron chi connectivity index (χ4n) is 1.65. The highest BCUT2D eigenvalue weighted by molar-refractivity contribution is 5.93. The van der Waals surface area contributed by atoms with Gasteiger partial charge in [0, 0.05) is 6.20 Å². The number of ether oxygens (including phenoxy) is 1. The van der Waals surface area contributed by atoms with Crippen LogP contribution in [0.3, 0.4) is 0 Å². The van der Waals surface area contributed by atoms with Crippen LogP contribution in [0.25, 0.3) is 0 Å². The molecular formula is C13H15F3N2O. The molecule has 0 unspecified atom stereocenters. The Morgan fingerprint density at radius 2 is 1.89 bits per heavy atom. The molecule has 0 fully saturated rings. The minimum atomic E-state index is -4.38. The molecule has 0 aromatic carbocycles. The van der Waals surface area contributed by atoms with E-state index in [9.17, 15) is 13.2 Å². The highest BCUT2D eigenvalue weighted by Crippen LogP contribution is 2.30. The van der Waals surface area contributed by atoms with E-state index >= 15 is 0 Å². The highest BCUT2D eigenvalue weighted by Gasteiger charge is 2.33. The van der Waals surface area contributed by atoms with Gasteiger partial charge in [-0.15, -0.1) is 0 Å². The number of aliphatic imine (C=N–C) groups is 1. The molecule has 0 spiro atoms. The number of aromatic nitrogens is 1. The first-order valence-corrected chi connectivity index (χ1v) is 5.92. The van der Waals surface area contributed by atoms with E-state index in [-0.39, 0.29) is 11.5 Å². The van der Waals surface area contributed by atoms with Crippen molar-refractivity contribution in [1.29, 1.82) is 0 Å². The normalized spacial score (nSPS) is 20.1. The van der Waals surface area contributed by atoms with Crippen LogP contribution in [-0.2, 0) is 10.9 Å². The van der Waals surface area contributed by atoms with Gasteiger partial charge >= 0.3 is 6.18 Å². The fourth-order valence-corrected chi connectivity index (χ4v) is 1.65. The molecule has 2 heterocycles. The molecular weight excluding hydrogens is 257 g/mol. The molecule has 104 valence electrons. The Kier molecular flexibility index (Phi) is 3.28. The van der Waals surface area contributed by atoms with Crippen molar-refractivity contribution in [2.24, 2.45) is 10.4 Å². The minimum Gasteiger partial charge on any atom is -0.474 e. The lowest BCUT2D eigenvalue weighted by atomic mass is 9.88. The highest BCUT2D eigenvalue weighted by atomic mass is 19.4. The topological polar surface area (TPSA) is 34.5 Å². The Morgan fingerprint density at radius 1 is 1.21 bits per heavy atom. The summed E-state index contributed by atoms with van der Waals surface area (Å²) >= 11 is 0. The molecule has 0 aliphatic carbocycles. The van der Waals surface area contributed by atoms with Crippen LogP contribution in [0, 0.1) is 5.41 Å². The van der Waals surface area contributed by atoms with Gasteiger partial charge in [0.2, 0.25) is 5.90 Å². The number of halogens is 3. The number of rotatable bonds is 1. The van der Waals surface area contributed by atoms with Crippen molar-refractivity contribution in [2.45, 2.75) is 33.0 Å². The molecule has 1 aromatic heterocycles. The molecule has 0 radical (unpaired) electrons. The summed E-state index contributed by atoms with van der Waals surface area (Å²) < 4.78 is 42.7. The van der Waals surface area contributed by atoms with E-state index in [1.807, 2.05) is 20.8 Å². The van der Waals surface area contributed by atoms with Gasteiger partial charge in [-0.25, -0.2) is 4.99 Å². The van der Waals surface area contributed by atoms with Crippen molar-refractivity contribution in [3.8, 4) is 0 Å². The van der Waals surface area contributed by atoms with Crippen LogP contribution in [-0.4, -0.2) is 23.5 Å². The van der Waals surface area contributed by atoms with Gasteiger partial charge in [0.15, 0.2) is 0 Å². The van der Waals surface area contributed by atoms with Crippen LogP contribution in [0.2, 0.25) is 0 Å². The van der Waals surface area contributed by atoms with Crippen LogP contribution in [0.1, 0.15) is 32.0 Å². The van der Waals surface area contributed by atoms with Gasteiger partial charge in [0.25, 0.3) is 0 Å². The molecule has 0 amide bonds. The van der Waals surface area contributed by atoms with Crippen molar-refractivity contribution in [2.75, 3.05) is 6.61 Å². The van der Waals surface area contributed by atoms with Gasteiger partial charge in [-0.2, -0.15) is 13.2 Å². The fraction of sp³-hybridized carbons (Fsp3) is 0.538. The van der Waals surface area contributed by atoms with Crippen LogP contribution < -0.4 is 0 Å². The first-order chi connectivity index (χ1) is 8.68. The molecule has 1 aliphatic heterocycles. The van der Waals surface area contributed by atoms with Crippen LogP contribution >= 0.6 is 0 Å². The zero-order chi connectivity index (χ0) is 14.3. The Bertz CT molecular complexity index is 486. The van der Waals surface area contributed by atoms with E-state index in [0.29, 0.717) is 18.2 Å². The summed E-state index contributed by atoms with van der Waals surface area (Å²) in [4.78, 5) is 8.14. The second kappa shape index (κ2) is 4.51. The smallest absolute Gasteiger partial charge is 0.417 e. The summed E-state index contributed by atoms with van der Waals surface area (Å²) in [5.41, 5.74) is -0.491. The van der Waals surface area contributed by atoms with Gasteiger partial charge in [-0.1, -0.05) is 20.8 Å². The molecule has 0 bridgehead atoms. The Labute approximate surface area is 109 Å². The number of hydrogen-bond acceptors (Lipinski definition) is 3. The summed E-state index contributed by atoms with van der Waals surface area (Å²) in [7, 11) is 0. The first-order valence-electron chi connectivity index (χ1n) is 5.92. The van der Waals surface area contributed by atoms with Crippen molar-refractivity contribution in [3.05, 3.63) is 29.6 Å². The molecule has 1 aliphatic rings. The first kappa shape index (κ1) is 13.8. The van der Waals surface area contributed by atoms with Crippen molar-refractivity contribution < 1.29 is 17.9 Å². The van der Waals surface area contributed by atoms with Gasteiger partial charge < -0.3 is 4.74 Å². The quantitative estimate of drug-likeness (QED) is 0.786. The maximum absolute atomic E-state index is 12.4. The third kappa shape index (κ3) is 3.05. The van der Waals surface area contributed by atoms with Crippen molar-refractivity contribution >= 4 is 5.90 Å². The lowest BCUT2D eigenvalue weighted by Crippen LogP contribution is -2.25. The van der Waals surface area contributed by atoms with Crippen LogP contribution in [0.15, 0.2) is 23.3 Å². The molecule has 6 heteroatoms. The van der Waals surface area contributed by atoms with E-state index in [0.717, 1.165) is 12.3 Å². The predicted octanol–water partition coefficient (Wildman–Crippen LogP) is 3.29. The number of nitrogens with zero attached hydrogens (tertiary/aromatic N) is 2. The average molecular weight is 272 g/mol. The lowest BCUT2D eigenvalue weighted by molar-refractivity contribution is -0.137. The second-order valence-corrected chi connectivity index (χ2v) is 5.56. The van der Waals surface area contributed by atoms with Crippen molar-refractivity contribution in [1.82, 2.24) is 4.98 Å². The Balaban J connectivity index is 2.21. The summed E-state index contributed by atoms with van der Waals surface area (Å²) in [6, 6.07) is 2.26. The van der Waals surface area contributed by atoms with Gasteiger partial charge in [0.1, 0.15) is 12.3 Å². The monoisotopic (exact) mass is 272 g/mol. The summed E-state index contributed by atoms with van der Waals surface area (Å²) in [5.74, 6) is 0.314. The van der Waals surface area contributed by atoms with Gasteiger partial charge in [0.05, 0.1) is 11.6 Å². The van der Waals surface area contributed by atoms with E-state index in [2.05, 4.69) is 9.98 Å². The van der Waals surface area contributed by atoms with E-state index in [1.54, 1.807) is 0 Å². The van der Waals surface area contributed by atoms with E-state index in [1.165, 1.54) is 6.07 Å². The molecule has 0 saturated heterocycles. The van der Waals surface area contributed by atoms with Gasteiger partial charge in [-0.05, 0) is 17.5 Å². The zero-order valence-electron chi connectivity index (χ0n) is 11.0. The standard InChI is InChI=1S/C13H15F3N2O/c1-12(2,3)10-7-19-11(18-10)9-5-4-8(6-17-9)13(14,15)16/h4-6,10H,7H2,1-3H3/t10-/m0/s1. The number of hydrogen-bond donors (Lipinski definition) is 0. The molecule has 1 atom stereocenters. The lowest BCUT2D eigenvalue weighted by Gasteiger charge is -2.21. The summed E-state index contributed by atoms with van der Waals surface area (Å²) in [5, 5.41) is 0. The molecule has 2 rings (SSSR count). The third-order valence-electron chi connectivity index (χ3n) is 2.96. The number of alkyl halides is 3. The predicted molar refractivity (Wildman–Crippen MR) is 65.0 cm³/mol. The Morgan fingerprint density at radius 3 is 2.32 bits per heavy atom. The zero-order valence-corrected chi connectivity index (χ0v) is 11.0. The van der Waals surface area contributed by atoms with Gasteiger partial charge in [-0.3, -0.25) is 4.98 Å². The summed E-state index contributed by atoms with van der Waals surface area (Å²) in [6.45, 7) is 6.54. The molecule has 19 heavy (non-hydrogen) atoms. The third-order valence-corrected chi connectivity index (χ3v) is 2.96. The van der Waals surface area contributed by atoms with E-state index in [4.69, 9.17) is 4.74 Å². The maximum Gasteiger partial charge on any atom is 0.417 e. The average Bonchev–Trinajstić information content (AvgIpc) is 2.77. The second-order valence-electron chi connectivity index (χ2n) is 5.56. The largest absolute Gasteiger partial charge is 0.474 e. The molecule has 1 aromatic rings. The molecule has 0 N–H and O–H groups in total. The van der Waals surface area contributed by atoms with E-state index < -0.39 is 11.7 Å². The van der Waals surface area contributed by atoms with Crippen LogP contribution in [0.4, 0.5) is 13.2 Å². The minimum absolute atomic E-state index is 0.00778.